The molecule has 1 aliphatic heterocycles. The molecule has 0 aliphatic carbocycles. The highest BCUT2D eigenvalue weighted by atomic mass is 16.3. The topological polar surface area (TPSA) is 108 Å². The first-order valence-electron chi connectivity index (χ1n) is 12.7. The van der Waals surface area contributed by atoms with Crippen molar-refractivity contribution in [1.29, 1.82) is 0 Å². The lowest BCUT2D eigenvalue weighted by Crippen LogP contribution is -2.27. The maximum Gasteiger partial charge on any atom is 0.273 e. The quantitative estimate of drug-likeness (QED) is 0.354. The van der Waals surface area contributed by atoms with Gasteiger partial charge in [0.1, 0.15) is 11.4 Å². The fourth-order valence-corrected chi connectivity index (χ4v) is 4.88. The number of phenols is 1. The second-order valence-electron chi connectivity index (χ2n) is 9.75. The van der Waals surface area contributed by atoms with Crippen molar-refractivity contribution in [2.45, 2.75) is 46.3 Å². The lowest BCUT2D eigenvalue weighted by Gasteiger charge is -2.19. The number of anilines is 1. The Morgan fingerprint density at radius 2 is 2.05 bits per heavy atom. The summed E-state index contributed by atoms with van der Waals surface area (Å²) in [7, 11) is 1.76. The number of aromatic hydroxyl groups is 1. The van der Waals surface area contributed by atoms with Gasteiger partial charge in [-0.05, 0) is 75.7 Å². The molecule has 0 spiro atoms. The zero-order valence-electron chi connectivity index (χ0n) is 21.7. The van der Waals surface area contributed by atoms with E-state index in [9.17, 15) is 9.90 Å². The Labute approximate surface area is 216 Å². The number of carbonyl (C=O) groups is 1. The third-order valence-electron chi connectivity index (χ3n) is 6.91. The summed E-state index contributed by atoms with van der Waals surface area (Å²) in [5, 5.41) is 22.1. The average Bonchev–Trinajstić information content (AvgIpc) is 3.52. The standard InChI is InChI=1S/C28H33N7O2/c1-5-35-18(3)20(14-30-35)16-34(4)28(37)26-24-13-23(36)6-7-25(24)32-27(33-26)19-10-17(2)11-22(12-19)31-21-8-9-29-15-21/h6-7,10-14,21,29,31,36H,5,8-9,15-16H2,1-4H3/t21-/m1/s1. The zero-order chi connectivity index (χ0) is 26.1. The smallest absolute Gasteiger partial charge is 0.273 e. The Kier molecular flexibility index (Phi) is 6.80. The van der Waals surface area contributed by atoms with Gasteiger partial charge in [-0.1, -0.05) is 0 Å². The summed E-state index contributed by atoms with van der Waals surface area (Å²) in [4.78, 5) is 24.9. The Balaban J connectivity index is 1.53. The first-order valence-corrected chi connectivity index (χ1v) is 12.7. The summed E-state index contributed by atoms with van der Waals surface area (Å²) in [5.74, 6) is 0.292. The van der Waals surface area contributed by atoms with Crippen molar-refractivity contribution in [2.24, 2.45) is 0 Å². The zero-order valence-corrected chi connectivity index (χ0v) is 21.7. The molecule has 4 aromatic rings. The molecule has 2 aromatic carbocycles. The van der Waals surface area contributed by atoms with Gasteiger partial charge in [0.15, 0.2) is 5.82 Å². The van der Waals surface area contributed by atoms with Crippen LogP contribution in [0.1, 0.15) is 40.7 Å². The van der Waals surface area contributed by atoms with Crippen LogP contribution in [0.5, 0.6) is 5.75 Å². The van der Waals surface area contributed by atoms with Gasteiger partial charge < -0.3 is 20.6 Å². The summed E-state index contributed by atoms with van der Waals surface area (Å²) in [6, 6.07) is 11.4. The SMILES string of the molecule is CCn1ncc(CN(C)C(=O)c2nc(-c3cc(C)cc(N[C@@H]4CCNC4)c3)nc3ccc(O)cc23)c1C. The molecule has 0 unspecified atom stereocenters. The molecule has 1 atom stereocenters. The highest BCUT2D eigenvalue weighted by Gasteiger charge is 2.22. The predicted molar refractivity (Wildman–Crippen MR) is 145 cm³/mol. The van der Waals surface area contributed by atoms with Gasteiger partial charge in [-0.2, -0.15) is 5.10 Å². The van der Waals surface area contributed by atoms with Crippen LogP contribution in [0, 0.1) is 13.8 Å². The molecule has 9 heteroatoms. The van der Waals surface area contributed by atoms with E-state index >= 15 is 0 Å². The Morgan fingerprint density at radius 1 is 1.22 bits per heavy atom. The van der Waals surface area contributed by atoms with E-state index in [2.05, 4.69) is 21.8 Å². The number of phenolic OH excluding ortho intramolecular Hbond substituents is 1. The van der Waals surface area contributed by atoms with Crippen molar-refractivity contribution in [2.75, 3.05) is 25.5 Å². The number of rotatable bonds is 7. The lowest BCUT2D eigenvalue weighted by atomic mass is 10.1. The molecule has 1 aliphatic rings. The molecule has 2 aromatic heterocycles. The number of fused-ring (bicyclic) bond motifs is 1. The lowest BCUT2D eigenvalue weighted by molar-refractivity contribution is 0.0781. The minimum absolute atomic E-state index is 0.0628. The predicted octanol–water partition coefficient (Wildman–Crippen LogP) is 3.88. The van der Waals surface area contributed by atoms with Crippen molar-refractivity contribution in [3.8, 4) is 17.1 Å². The van der Waals surface area contributed by atoms with Crippen LogP contribution in [-0.2, 0) is 13.1 Å². The summed E-state index contributed by atoms with van der Waals surface area (Å²) >= 11 is 0. The molecule has 0 saturated carbocycles. The van der Waals surface area contributed by atoms with Gasteiger partial charge in [-0.25, -0.2) is 9.97 Å². The number of hydrogen-bond acceptors (Lipinski definition) is 7. The van der Waals surface area contributed by atoms with E-state index in [0.717, 1.165) is 54.1 Å². The number of aryl methyl sites for hydroxylation is 2. The number of nitrogens with one attached hydrogen (secondary N) is 2. The monoisotopic (exact) mass is 499 g/mol. The fraction of sp³-hybridized carbons (Fsp3) is 0.357. The Bertz CT molecular complexity index is 1460. The molecule has 3 heterocycles. The summed E-state index contributed by atoms with van der Waals surface area (Å²) in [6.07, 6.45) is 2.87. The van der Waals surface area contributed by atoms with Gasteiger partial charge >= 0.3 is 0 Å². The van der Waals surface area contributed by atoms with Crippen molar-refractivity contribution < 1.29 is 9.90 Å². The van der Waals surface area contributed by atoms with E-state index < -0.39 is 0 Å². The van der Waals surface area contributed by atoms with Crippen molar-refractivity contribution in [3.63, 3.8) is 0 Å². The van der Waals surface area contributed by atoms with E-state index in [1.165, 1.54) is 0 Å². The molecule has 37 heavy (non-hydrogen) atoms. The molecular weight excluding hydrogens is 466 g/mol. The van der Waals surface area contributed by atoms with Gasteiger partial charge in [-0.15, -0.1) is 0 Å². The number of amides is 1. The second-order valence-corrected chi connectivity index (χ2v) is 9.75. The van der Waals surface area contributed by atoms with Gasteiger partial charge in [0.2, 0.25) is 0 Å². The van der Waals surface area contributed by atoms with E-state index in [1.54, 1.807) is 36.3 Å². The van der Waals surface area contributed by atoms with E-state index in [1.807, 2.05) is 37.6 Å². The molecule has 5 rings (SSSR count). The Hall–Kier alpha value is -3.98. The normalized spacial score (nSPS) is 15.3. The van der Waals surface area contributed by atoms with Crippen LogP contribution in [0.2, 0.25) is 0 Å². The van der Waals surface area contributed by atoms with Gasteiger partial charge in [-0.3, -0.25) is 9.48 Å². The third-order valence-corrected chi connectivity index (χ3v) is 6.91. The number of benzene rings is 2. The van der Waals surface area contributed by atoms with Crippen LogP contribution >= 0.6 is 0 Å². The largest absolute Gasteiger partial charge is 0.508 e. The van der Waals surface area contributed by atoms with E-state index in [-0.39, 0.29) is 17.4 Å². The Morgan fingerprint density at radius 3 is 2.78 bits per heavy atom. The minimum atomic E-state index is -0.245. The molecule has 0 radical (unpaired) electrons. The molecular formula is C28H33N7O2. The maximum absolute atomic E-state index is 13.7. The molecule has 0 bridgehead atoms. The average molecular weight is 500 g/mol. The van der Waals surface area contributed by atoms with Crippen molar-refractivity contribution >= 4 is 22.5 Å². The fourth-order valence-electron chi connectivity index (χ4n) is 4.88. The third kappa shape index (κ3) is 5.13. The van der Waals surface area contributed by atoms with E-state index in [0.29, 0.717) is 29.3 Å². The number of nitrogens with zero attached hydrogens (tertiary/aromatic N) is 5. The van der Waals surface area contributed by atoms with E-state index in [4.69, 9.17) is 9.97 Å². The minimum Gasteiger partial charge on any atom is -0.508 e. The second kappa shape index (κ2) is 10.2. The number of aromatic nitrogens is 4. The van der Waals surface area contributed by atoms with Crippen LogP contribution in [-0.4, -0.2) is 61.8 Å². The van der Waals surface area contributed by atoms with Crippen LogP contribution in [0.4, 0.5) is 5.69 Å². The molecule has 1 amide bonds. The van der Waals surface area contributed by atoms with Crippen molar-refractivity contribution in [1.82, 2.24) is 30.0 Å². The van der Waals surface area contributed by atoms with Gasteiger partial charge in [0.05, 0.1) is 11.7 Å². The van der Waals surface area contributed by atoms with Crippen molar-refractivity contribution in [3.05, 3.63) is 65.1 Å². The maximum atomic E-state index is 13.7. The number of carbonyl (C=O) groups excluding carboxylic acids is 1. The molecule has 1 fully saturated rings. The molecule has 3 N–H and O–H groups in total. The highest BCUT2D eigenvalue weighted by molar-refractivity contribution is 6.05. The molecule has 1 saturated heterocycles. The first kappa shape index (κ1) is 24.7. The van der Waals surface area contributed by atoms with Crippen LogP contribution < -0.4 is 10.6 Å². The molecule has 9 nitrogen and oxygen atoms in total. The van der Waals surface area contributed by atoms with Gasteiger partial charge in [0.25, 0.3) is 5.91 Å². The summed E-state index contributed by atoms with van der Waals surface area (Å²) < 4.78 is 1.91. The van der Waals surface area contributed by atoms with Crippen LogP contribution in [0.15, 0.2) is 42.6 Å². The highest BCUT2D eigenvalue weighted by Crippen LogP contribution is 2.28. The number of hydrogen-bond donors (Lipinski definition) is 3. The van der Waals surface area contributed by atoms with Crippen LogP contribution in [0.25, 0.3) is 22.3 Å². The van der Waals surface area contributed by atoms with Gasteiger partial charge in [0, 0.05) is 60.6 Å². The summed E-state index contributed by atoms with van der Waals surface area (Å²) in [6.45, 7) is 9.20. The summed E-state index contributed by atoms with van der Waals surface area (Å²) in [5.41, 5.74) is 5.79. The molecule has 192 valence electrons. The first-order chi connectivity index (χ1) is 17.8. The van der Waals surface area contributed by atoms with Crippen LogP contribution in [0.3, 0.4) is 0 Å².